The number of oxime groups is 1. The van der Waals surface area contributed by atoms with Gasteiger partial charge in [-0.3, -0.25) is 19.5 Å². The maximum absolute atomic E-state index is 12.9. The molecule has 0 aliphatic heterocycles. The number of nitrogens with two attached hydrogens (primary N) is 1. The molecule has 0 fully saturated rings. The van der Waals surface area contributed by atoms with Crippen LogP contribution in [0.1, 0.15) is 38.1 Å². The number of amides is 1. The molecule has 0 aromatic heterocycles. The average molecular weight is 401 g/mol. The number of primary amides is 1. The summed E-state index contributed by atoms with van der Waals surface area (Å²) >= 11 is 0. The summed E-state index contributed by atoms with van der Waals surface area (Å²) in [5.41, 5.74) is 4.00. The number of rotatable bonds is 9. The summed E-state index contributed by atoms with van der Waals surface area (Å²) in [6, 6.07) is 4.44. The Kier molecular flexibility index (Phi) is 7.77. The van der Waals surface area contributed by atoms with E-state index < -0.39 is 42.1 Å². The molecule has 27 heavy (non-hydrogen) atoms. The molecule has 0 spiro atoms. The highest BCUT2D eigenvalue weighted by Gasteiger charge is 2.39. The highest BCUT2D eigenvalue weighted by molar-refractivity contribution is 7.75. The van der Waals surface area contributed by atoms with E-state index in [2.05, 4.69) is 9.99 Å². The fraction of sp³-hybridized carbons (Fsp3) is 0.400. The molecule has 11 nitrogen and oxygen atoms in total. The van der Waals surface area contributed by atoms with Crippen LogP contribution < -0.4 is 5.73 Å². The molecule has 0 heterocycles. The third-order valence-electron chi connectivity index (χ3n) is 2.71. The van der Waals surface area contributed by atoms with Gasteiger partial charge in [-0.05, 0) is 39.8 Å². The van der Waals surface area contributed by atoms with Crippen LogP contribution in [0.15, 0.2) is 29.4 Å². The Morgan fingerprint density at radius 1 is 1.11 bits per heavy atom. The number of hydrogen-bond acceptors (Lipinski definition) is 9. The minimum absolute atomic E-state index is 0.0856. The van der Waals surface area contributed by atoms with E-state index in [0.717, 1.165) is 24.3 Å². The second kappa shape index (κ2) is 9.36. The van der Waals surface area contributed by atoms with Crippen molar-refractivity contribution in [3.8, 4) is 0 Å². The summed E-state index contributed by atoms with van der Waals surface area (Å²) in [6.45, 7) is 6.21. The van der Waals surface area contributed by atoms with E-state index in [1.165, 1.54) is 0 Å². The minimum Gasteiger partial charge on any atom is -0.364 e. The fourth-order valence-electron chi connectivity index (χ4n) is 1.77. The monoisotopic (exact) mass is 401 g/mol. The van der Waals surface area contributed by atoms with Crippen molar-refractivity contribution in [3.05, 3.63) is 39.9 Å². The number of carbonyl (C=O) groups is 2. The number of nitro benzene ring substituents is 1. The van der Waals surface area contributed by atoms with Gasteiger partial charge in [0.15, 0.2) is 0 Å². The molecule has 2 N–H and O–H groups in total. The zero-order valence-corrected chi connectivity index (χ0v) is 16.0. The van der Waals surface area contributed by atoms with Gasteiger partial charge in [-0.25, -0.2) is 4.79 Å². The Bertz CT molecular complexity index is 775. The van der Waals surface area contributed by atoms with Gasteiger partial charge in [0.05, 0.1) is 22.7 Å². The first kappa shape index (κ1) is 22.4. The van der Waals surface area contributed by atoms with Crippen molar-refractivity contribution in [3.63, 3.8) is 0 Å². The quantitative estimate of drug-likeness (QED) is 0.217. The third kappa shape index (κ3) is 6.55. The van der Waals surface area contributed by atoms with Gasteiger partial charge in [0.2, 0.25) is 0 Å². The molecule has 1 amide bonds. The number of non-ortho nitro benzene ring substituents is 1. The molecule has 0 aliphatic rings. The summed E-state index contributed by atoms with van der Waals surface area (Å²) in [4.78, 5) is 38.3. The lowest BCUT2D eigenvalue weighted by molar-refractivity contribution is -0.384. The zero-order valence-electron chi connectivity index (χ0n) is 15.1. The molecule has 0 saturated heterocycles. The molecule has 1 rings (SSSR count). The fourth-order valence-corrected chi connectivity index (χ4v) is 3.54. The molecule has 0 saturated carbocycles. The van der Waals surface area contributed by atoms with E-state index in [4.69, 9.17) is 14.8 Å². The Balaban J connectivity index is 3.12. The maximum atomic E-state index is 12.9. The first-order chi connectivity index (χ1) is 12.5. The largest absolute Gasteiger partial charge is 0.389 e. The first-order valence-corrected chi connectivity index (χ1v) is 9.31. The van der Waals surface area contributed by atoms with Crippen molar-refractivity contribution >= 4 is 30.6 Å². The molecule has 0 aliphatic carbocycles. The van der Waals surface area contributed by atoms with Crippen LogP contribution in [0.3, 0.4) is 0 Å². The number of carbonyl (C=O) groups excluding carboxylic acids is 2. The number of hydrogen-bond donors (Lipinski definition) is 1. The van der Waals surface area contributed by atoms with Crippen molar-refractivity contribution < 1.29 is 33.0 Å². The number of nitrogens with zero attached hydrogens (tertiary/aromatic N) is 2. The Hall–Kier alpha value is -2.62. The van der Waals surface area contributed by atoms with Crippen LogP contribution in [0, 0.1) is 10.1 Å². The summed E-state index contributed by atoms with van der Waals surface area (Å²) in [6.07, 6.45) is -1.21. The topological polar surface area (TPSA) is 160 Å². The van der Waals surface area contributed by atoms with Gasteiger partial charge in [-0.2, -0.15) is 0 Å². The van der Waals surface area contributed by atoms with Gasteiger partial charge in [0, 0.05) is 12.1 Å². The molecule has 148 valence electrons. The average Bonchev–Trinajstić information content (AvgIpc) is 2.52. The molecule has 0 atom stereocenters. The summed E-state index contributed by atoms with van der Waals surface area (Å²) in [5.74, 6) is -2.31. The van der Waals surface area contributed by atoms with Crippen molar-refractivity contribution in [1.82, 2.24) is 0 Å². The van der Waals surface area contributed by atoms with E-state index in [1.54, 1.807) is 27.7 Å². The van der Waals surface area contributed by atoms with Crippen molar-refractivity contribution in [1.29, 1.82) is 0 Å². The smallest absolute Gasteiger partial charge is 0.364 e. The van der Waals surface area contributed by atoms with E-state index in [9.17, 15) is 24.3 Å². The van der Waals surface area contributed by atoms with Gasteiger partial charge in [-0.1, -0.05) is 5.16 Å². The van der Waals surface area contributed by atoms with Crippen LogP contribution in [-0.2, 0) is 23.2 Å². The van der Waals surface area contributed by atoms with Gasteiger partial charge >= 0.3 is 13.6 Å². The van der Waals surface area contributed by atoms with Crippen molar-refractivity contribution in [2.24, 2.45) is 10.9 Å². The Morgan fingerprint density at radius 3 is 1.96 bits per heavy atom. The van der Waals surface area contributed by atoms with Crippen molar-refractivity contribution in [2.45, 2.75) is 39.9 Å². The predicted octanol–water partition coefficient (Wildman–Crippen LogP) is 2.59. The maximum Gasteiger partial charge on any atom is 0.389 e. The SMILES string of the molecule is CC(C)OP(=O)(OC(C)C)/C(=N\OC(=O)c1ccc([N+](=O)[O-])cc1)C(N)=O. The van der Waals surface area contributed by atoms with Gasteiger partial charge in [0.25, 0.3) is 17.0 Å². The third-order valence-corrected chi connectivity index (χ3v) is 4.93. The molecule has 0 bridgehead atoms. The molecule has 1 aromatic carbocycles. The van der Waals surface area contributed by atoms with Gasteiger partial charge in [-0.15, -0.1) is 0 Å². The standard InChI is InChI=1S/C15H20N3O8P/c1-9(2)25-27(23,26-10(3)4)14(13(16)19)17-24-15(20)11-5-7-12(8-6-11)18(21)22/h5-10H,1-4H3,(H2,16,19)/b17-14-. The number of nitro groups is 1. The predicted molar refractivity (Wildman–Crippen MR) is 95.2 cm³/mol. The minimum atomic E-state index is -4.26. The highest BCUT2D eigenvalue weighted by atomic mass is 31.2. The molecule has 1 aromatic rings. The van der Waals surface area contributed by atoms with E-state index in [-0.39, 0.29) is 11.3 Å². The van der Waals surface area contributed by atoms with Crippen LogP contribution >= 0.6 is 7.60 Å². The molecule has 0 unspecified atom stereocenters. The van der Waals surface area contributed by atoms with Crippen LogP contribution in [0.2, 0.25) is 0 Å². The molecular weight excluding hydrogens is 381 g/mol. The highest BCUT2D eigenvalue weighted by Crippen LogP contribution is 2.52. The van der Waals surface area contributed by atoms with E-state index >= 15 is 0 Å². The van der Waals surface area contributed by atoms with E-state index in [0.29, 0.717) is 0 Å². The Morgan fingerprint density at radius 2 is 1.59 bits per heavy atom. The van der Waals surface area contributed by atoms with Crippen LogP contribution in [-0.4, -0.2) is 34.5 Å². The van der Waals surface area contributed by atoms with Crippen LogP contribution in [0.5, 0.6) is 0 Å². The Labute approximate surface area is 155 Å². The summed E-state index contributed by atoms with van der Waals surface area (Å²) in [5, 5.41) is 13.9. The molecule has 0 radical (unpaired) electrons. The molecular formula is C15H20N3O8P. The second-order valence-corrected chi connectivity index (χ2v) is 7.61. The lowest BCUT2D eigenvalue weighted by Crippen LogP contribution is -2.27. The number of benzene rings is 1. The van der Waals surface area contributed by atoms with Crippen molar-refractivity contribution in [2.75, 3.05) is 0 Å². The first-order valence-electron chi connectivity index (χ1n) is 7.77. The van der Waals surface area contributed by atoms with Gasteiger partial charge in [0.1, 0.15) is 0 Å². The summed E-state index contributed by atoms with van der Waals surface area (Å²) < 4.78 is 23.3. The summed E-state index contributed by atoms with van der Waals surface area (Å²) in [7, 11) is -4.26. The lowest BCUT2D eigenvalue weighted by Gasteiger charge is -2.21. The second-order valence-electron chi connectivity index (χ2n) is 5.77. The van der Waals surface area contributed by atoms with Crippen LogP contribution in [0.4, 0.5) is 5.69 Å². The zero-order chi connectivity index (χ0) is 20.8. The molecule has 12 heteroatoms. The van der Waals surface area contributed by atoms with Crippen LogP contribution in [0.25, 0.3) is 0 Å². The lowest BCUT2D eigenvalue weighted by atomic mass is 10.2. The normalized spacial score (nSPS) is 12.3. The van der Waals surface area contributed by atoms with E-state index in [1.807, 2.05) is 0 Å². The van der Waals surface area contributed by atoms with Gasteiger partial charge < -0.3 is 19.6 Å².